The van der Waals surface area contributed by atoms with Crippen LogP contribution < -0.4 is 5.32 Å². The molecule has 0 aliphatic rings. The zero-order chi connectivity index (χ0) is 11.4. The van der Waals surface area contributed by atoms with Crippen molar-refractivity contribution in [3.05, 3.63) is 42.1 Å². The minimum absolute atomic E-state index is 0.0509. The summed E-state index contributed by atoms with van der Waals surface area (Å²) in [4.78, 5) is 15.6. The lowest BCUT2D eigenvalue weighted by Crippen LogP contribution is -2.18. The first kappa shape index (κ1) is 10.6. The van der Waals surface area contributed by atoms with Gasteiger partial charge >= 0.3 is 0 Å². The normalized spacial score (nSPS) is 10.3. The van der Waals surface area contributed by atoms with Crippen molar-refractivity contribution < 1.29 is 4.79 Å². The van der Waals surface area contributed by atoms with Gasteiger partial charge in [0.05, 0.1) is 5.52 Å². The molecule has 0 aliphatic heterocycles. The van der Waals surface area contributed by atoms with Gasteiger partial charge in [-0.05, 0) is 18.6 Å². The summed E-state index contributed by atoms with van der Waals surface area (Å²) >= 11 is 0. The number of aromatic nitrogens is 1. The fourth-order valence-electron chi connectivity index (χ4n) is 1.61. The summed E-state index contributed by atoms with van der Waals surface area (Å²) < 4.78 is 0. The van der Waals surface area contributed by atoms with Crippen LogP contribution in [0.3, 0.4) is 0 Å². The van der Waals surface area contributed by atoms with E-state index >= 15 is 0 Å². The third kappa shape index (κ3) is 2.37. The number of pyridine rings is 1. The van der Waals surface area contributed by atoms with Crippen molar-refractivity contribution in [2.75, 3.05) is 7.05 Å². The topological polar surface area (TPSA) is 42.0 Å². The van der Waals surface area contributed by atoms with Crippen molar-refractivity contribution in [3.63, 3.8) is 0 Å². The number of para-hydroxylation sites is 1. The molecule has 3 nitrogen and oxygen atoms in total. The summed E-state index contributed by atoms with van der Waals surface area (Å²) in [7, 11) is 1.65. The summed E-state index contributed by atoms with van der Waals surface area (Å²) in [5.74, 6) is 0.0509. The second kappa shape index (κ2) is 4.75. The van der Waals surface area contributed by atoms with Gasteiger partial charge in [0.15, 0.2) is 0 Å². The number of carbonyl (C=O) groups is 1. The van der Waals surface area contributed by atoms with Crippen molar-refractivity contribution in [2.45, 2.75) is 12.8 Å². The fourth-order valence-corrected chi connectivity index (χ4v) is 1.61. The van der Waals surface area contributed by atoms with Crippen molar-refractivity contribution in [2.24, 2.45) is 0 Å². The molecule has 1 N–H and O–H groups in total. The Morgan fingerprint density at radius 3 is 2.88 bits per heavy atom. The van der Waals surface area contributed by atoms with Gasteiger partial charge in [-0.1, -0.05) is 24.3 Å². The molecule has 0 saturated carbocycles. The van der Waals surface area contributed by atoms with E-state index in [0.717, 1.165) is 16.6 Å². The number of hydrogen-bond donors (Lipinski definition) is 1. The van der Waals surface area contributed by atoms with E-state index in [4.69, 9.17) is 0 Å². The molecule has 1 amide bonds. The summed E-state index contributed by atoms with van der Waals surface area (Å²) in [6, 6.07) is 12.0. The first-order valence-corrected chi connectivity index (χ1v) is 5.35. The van der Waals surface area contributed by atoms with E-state index in [2.05, 4.69) is 10.3 Å². The third-order valence-electron chi connectivity index (χ3n) is 2.54. The molecular weight excluding hydrogens is 200 g/mol. The molecule has 1 aromatic carbocycles. The van der Waals surface area contributed by atoms with Gasteiger partial charge in [-0.25, -0.2) is 0 Å². The second-order valence-corrected chi connectivity index (χ2v) is 3.67. The van der Waals surface area contributed by atoms with Crippen LogP contribution in [-0.2, 0) is 11.2 Å². The van der Waals surface area contributed by atoms with E-state index in [1.54, 1.807) is 7.05 Å². The molecule has 3 heteroatoms. The van der Waals surface area contributed by atoms with Crippen LogP contribution in [0.15, 0.2) is 36.4 Å². The molecule has 0 bridgehead atoms. The van der Waals surface area contributed by atoms with E-state index in [-0.39, 0.29) is 5.91 Å². The summed E-state index contributed by atoms with van der Waals surface area (Å²) in [5.41, 5.74) is 1.94. The molecule has 0 aliphatic carbocycles. The Bertz CT molecular complexity index is 508. The van der Waals surface area contributed by atoms with Crippen LogP contribution in [0.5, 0.6) is 0 Å². The molecule has 2 aromatic rings. The van der Waals surface area contributed by atoms with E-state index in [0.29, 0.717) is 12.8 Å². The Kier molecular flexibility index (Phi) is 3.15. The predicted molar refractivity (Wildman–Crippen MR) is 64.1 cm³/mol. The molecule has 1 aromatic heterocycles. The standard InChI is InChI=1S/C13H14N2O/c1-14-13(16)9-8-11-7-6-10-4-2-3-5-12(10)15-11/h2-7H,8-9H2,1H3,(H,14,16). The SMILES string of the molecule is CNC(=O)CCc1ccc2ccccc2n1. The van der Waals surface area contributed by atoms with Gasteiger partial charge in [0.25, 0.3) is 0 Å². The van der Waals surface area contributed by atoms with Gasteiger partial charge in [-0.3, -0.25) is 9.78 Å². The molecule has 0 spiro atoms. The number of benzene rings is 1. The van der Waals surface area contributed by atoms with Gasteiger partial charge in [-0.15, -0.1) is 0 Å². The van der Waals surface area contributed by atoms with E-state index < -0.39 is 0 Å². The lowest BCUT2D eigenvalue weighted by molar-refractivity contribution is -0.120. The molecule has 0 fully saturated rings. The largest absolute Gasteiger partial charge is 0.359 e. The average Bonchev–Trinajstić information content (AvgIpc) is 2.35. The van der Waals surface area contributed by atoms with Crippen molar-refractivity contribution in [1.29, 1.82) is 0 Å². The third-order valence-corrected chi connectivity index (χ3v) is 2.54. The molecular formula is C13H14N2O. The molecule has 16 heavy (non-hydrogen) atoms. The molecule has 1 heterocycles. The zero-order valence-electron chi connectivity index (χ0n) is 9.23. The number of nitrogens with one attached hydrogen (secondary N) is 1. The molecule has 0 atom stereocenters. The minimum atomic E-state index is 0.0509. The highest BCUT2D eigenvalue weighted by Crippen LogP contribution is 2.12. The van der Waals surface area contributed by atoms with Crippen LogP contribution >= 0.6 is 0 Å². The quantitative estimate of drug-likeness (QED) is 0.848. The molecule has 0 unspecified atom stereocenters. The zero-order valence-corrected chi connectivity index (χ0v) is 9.23. The molecule has 2 rings (SSSR count). The van der Waals surface area contributed by atoms with Crippen LogP contribution in [0.1, 0.15) is 12.1 Å². The van der Waals surface area contributed by atoms with Gasteiger partial charge in [0.2, 0.25) is 5.91 Å². The number of carbonyl (C=O) groups excluding carboxylic acids is 1. The molecule has 0 radical (unpaired) electrons. The first-order chi connectivity index (χ1) is 7.79. The summed E-state index contributed by atoms with van der Waals surface area (Å²) in [6.07, 6.45) is 1.17. The Hall–Kier alpha value is -1.90. The minimum Gasteiger partial charge on any atom is -0.359 e. The molecule has 82 valence electrons. The van der Waals surface area contributed by atoms with Crippen molar-refractivity contribution in [3.8, 4) is 0 Å². The van der Waals surface area contributed by atoms with E-state index in [1.807, 2.05) is 36.4 Å². The van der Waals surface area contributed by atoms with Gasteiger partial charge < -0.3 is 5.32 Å². The Morgan fingerprint density at radius 1 is 1.25 bits per heavy atom. The molecule has 0 saturated heterocycles. The van der Waals surface area contributed by atoms with Crippen molar-refractivity contribution >= 4 is 16.8 Å². The summed E-state index contributed by atoms with van der Waals surface area (Å²) in [5, 5.41) is 3.74. The highest BCUT2D eigenvalue weighted by Gasteiger charge is 2.01. The predicted octanol–water partition coefficient (Wildman–Crippen LogP) is 1.91. The van der Waals surface area contributed by atoms with Crippen LogP contribution in [0.25, 0.3) is 10.9 Å². The smallest absolute Gasteiger partial charge is 0.220 e. The maximum Gasteiger partial charge on any atom is 0.220 e. The Labute approximate surface area is 94.5 Å². The van der Waals surface area contributed by atoms with Crippen LogP contribution in [0.2, 0.25) is 0 Å². The maximum absolute atomic E-state index is 11.1. The number of amides is 1. The van der Waals surface area contributed by atoms with Gasteiger partial charge in [0.1, 0.15) is 0 Å². The number of rotatable bonds is 3. The lowest BCUT2D eigenvalue weighted by Gasteiger charge is -2.02. The fraction of sp³-hybridized carbons (Fsp3) is 0.231. The number of nitrogens with zero attached hydrogens (tertiary/aromatic N) is 1. The van der Waals surface area contributed by atoms with Crippen LogP contribution in [0.4, 0.5) is 0 Å². The number of fused-ring (bicyclic) bond motifs is 1. The van der Waals surface area contributed by atoms with E-state index in [1.165, 1.54) is 0 Å². The highest BCUT2D eigenvalue weighted by molar-refractivity contribution is 5.79. The first-order valence-electron chi connectivity index (χ1n) is 5.35. The van der Waals surface area contributed by atoms with Gasteiger partial charge in [-0.2, -0.15) is 0 Å². The maximum atomic E-state index is 11.1. The second-order valence-electron chi connectivity index (χ2n) is 3.67. The lowest BCUT2D eigenvalue weighted by atomic mass is 10.1. The average molecular weight is 214 g/mol. The van der Waals surface area contributed by atoms with Crippen LogP contribution in [-0.4, -0.2) is 17.9 Å². The monoisotopic (exact) mass is 214 g/mol. The highest BCUT2D eigenvalue weighted by atomic mass is 16.1. The summed E-state index contributed by atoms with van der Waals surface area (Å²) in [6.45, 7) is 0. The Morgan fingerprint density at radius 2 is 2.06 bits per heavy atom. The van der Waals surface area contributed by atoms with E-state index in [9.17, 15) is 4.79 Å². The van der Waals surface area contributed by atoms with Gasteiger partial charge in [0, 0.05) is 24.5 Å². The number of aryl methyl sites for hydroxylation is 1. The Balaban J connectivity index is 2.16. The number of hydrogen-bond acceptors (Lipinski definition) is 2. The van der Waals surface area contributed by atoms with Crippen LogP contribution in [0, 0.1) is 0 Å². The van der Waals surface area contributed by atoms with Crippen molar-refractivity contribution in [1.82, 2.24) is 10.3 Å².